The van der Waals surface area contributed by atoms with Crippen LogP contribution >= 0.6 is 0 Å². The van der Waals surface area contributed by atoms with Gasteiger partial charge in [0.1, 0.15) is 5.75 Å². The van der Waals surface area contributed by atoms with Crippen LogP contribution in [0.3, 0.4) is 0 Å². The molecule has 2 amide bonds. The Morgan fingerprint density at radius 3 is 2.54 bits per heavy atom. The SMILES string of the molecule is COc1cccc(N(Cc2ccc(C(=O)O)cn2)C(=O)N2CCN(C)CC2)c1. The zero-order valence-electron chi connectivity index (χ0n) is 16.0. The lowest BCUT2D eigenvalue weighted by atomic mass is 10.2. The third kappa shape index (κ3) is 4.58. The first-order valence-electron chi connectivity index (χ1n) is 9.05. The molecule has 1 N–H and O–H groups in total. The number of carboxylic acids is 1. The maximum absolute atomic E-state index is 13.3. The Morgan fingerprint density at radius 2 is 1.93 bits per heavy atom. The number of amides is 2. The number of carboxylic acid groups (broad SMARTS) is 1. The molecule has 2 heterocycles. The number of benzene rings is 1. The Bertz CT molecular complexity index is 832. The molecule has 3 rings (SSSR count). The lowest BCUT2D eigenvalue weighted by Crippen LogP contribution is -2.52. The highest BCUT2D eigenvalue weighted by Gasteiger charge is 2.26. The van der Waals surface area contributed by atoms with E-state index in [9.17, 15) is 9.59 Å². The van der Waals surface area contributed by atoms with E-state index >= 15 is 0 Å². The minimum atomic E-state index is -1.03. The van der Waals surface area contributed by atoms with Gasteiger partial charge in [0.25, 0.3) is 0 Å². The Labute approximate surface area is 163 Å². The van der Waals surface area contributed by atoms with Crippen LogP contribution in [0.4, 0.5) is 10.5 Å². The molecule has 1 saturated heterocycles. The minimum absolute atomic E-state index is 0.106. The predicted octanol–water partition coefficient (Wildman–Crippen LogP) is 2.16. The van der Waals surface area contributed by atoms with Crippen molar-refractivity contribution in [2.75, 3.05) is 45.2 Å². The number of anilines is 1. The molecule has 0 atom stereocenters. The second kappa shape index (κ2) is 8.71. The van der Waals surface area contributed by atoms with E-state index < -0.39 is 5.97 Å². The molecule has 1 aliphatic rings. The lowest BCUT2D eigenvalue weighted by molar-refractivity contribution is 0.0696. The van der Waals surface area contributed by atoms with Gasteiger partial charge in [-0.1, -0.05) is 6.07 Å². The number of hydrogen-bond acceptors (Lipinski definition) is 5. The van der Waals surface area contributed by atoms with Crippen LogP contribution in [0.1, 0.15) is 16.1 Å². The highest BCUT2D eigenvalue weighted by atomic mass is 16.5. The molecule has 0 saturated carbocycles. The number of rotatable bonds is 5. The van der Waals surface area contributed by atoms with Crippen molar-refractivity contribution in [2.45, 2.75) is 6.54 Å². The summed E-state index contributed by atoms with van der Waals surface area (Å²) in [4.78, 5) is 34.2. The molecule has 0 aliphatic carbocycles. The van der Waals surface area contributed by atoms with Crippen molar-refractivity contribution in [2.24, 2.45) is 0 Å². The topological polar surface area (TPSA) is 86.2 Å². The number of urea groups is 1. The molecule has 8 heteroatoms. The third-order valence-electron chi connectivity index (χ3n) is 4.76. The largest absolute Gasteiger partial charge is 0.497 e. The molecule has 1 aliphatic heterocycles. The van der Waals surface area contributed by atoms with Gasteiger partial charge in [-0.15, -0.1) is 0 Å². The van der Waals surface area contributed by atoms with E-state index in [2.05, 4.69) is 9.88 Å². The fraction of sp³-hybridized carbons (Fsp3) is 0.350. The van der Waals surface area contributed by atoms with Crippen LogP contribution in [0.25, 0.3) is 0 Å². The highest BCUT2D eigenvalue weighted by molar-refractivity contribution is 5.92. The second-order valence-corrected chi connectivity index (χ2v) is 6.70. The summed E-state index contributed by atoms with van der Waals surface area (Å²) in [5.74, 6) is -0.375. The fourth-order valence-electron chi connectivity index (χ4n) is 3.02. The van der Waals surface area contributed by atoms with Crippen molar-refractivity contribution < 1.29 is 19.4 Å². The highest BCUT2D eigenvalue weighted by Crippen LogP contribution is 2.24. The van der Waals surface area contributed by atoms with Gasteiger partial charge in [-0.25, -0.2) is 9.59 Å². The summed E-state index contributed by atoms with van der Waals surface area (Å²) in [6, 6.07) is 10.3. The Kier molecular flexibility index (Phi) is 6.10. The zero-order chi connectivity index (χ0) is 20.1. The summed E-state index contributed by atoms with van der Waals surface area (Å²) in [7, 11) is 3.62. The van der Waals surface area contributed by atoms with E-state index in [0.717, 1.165) is 13.1 Å². The Hall–Kier alpha value is -3.13. The number of piperazine rings is 1. The molecule has 1 aromatic heterocycles. The van der Waals surface area contributed by atoms with E-state index in [-0.39, 0.29) is 18.1 Å². The molecular weight excluding hydrogens is 360 g/mol. The van der Waals surface area contributed by atoms with Crippen molar-refractivity contribution >= 4 is 17.7 Å². The summed E-state index contributed by atoms with van der Waals surface area (Å²) >= 11 is 0. The molecule has 1 aromatic carbocycles. The first kappa shape index (κ1) is 19.6. The standard InChI is InChI=1S/C20H24N4O4/c1-22-8-10-23(11-9-22)20(27)24(17-4-3-5-18(12-17)28-2)14-16-7-6-15(13-21-16)19(25)26/h3-7,12-13H,8-11,14H2,1-2H3,(H,25,26). The number of aromatic carboxylic acids is 1. The van der Waals surface area contributed by atoms with E-state index in [4.69, 9.17) is 9.84 Å². The van der Waals surface area contributed by atoms with Gasteiger partial charge >= 0.3 is 12.0 Å². The molecule has 8 nitrogen and oxygen atoms in total. The molecule has 1 fully saturated rings. The van der Waals surface area contributed by atoms with Crippen molar-refractivity contribution in [3.8, 4) is 5.75 Å². The van der Waals surface area contributed by atoms with Crippen molar-refractivity contribution in [1.82, 2.24) is 14.8 Å². The van der Waals surface area contributed by atoms with Crippen molar-refractivity contribution in [3.05, 3.63) is 53.9 Å². The molecule has 28 heavy (non-hydrogen) atoms. The number of nitrogens with zero attached hydrogens (tertiary/aromatic N) is 4. The molecular formula is C20H24N4O4. The average Bonchev–Trinajstić information content (AvgIpc) is 2.72. The van der Waals surface area contributed by atoms with E-state index in [1.54, 1.807) is 24.1 Å². The van der Waals surface area contributed by atoms with Gasteiger partial charge in [0.15, 0.2) is 0 Å². The number of pyridine rings is 1. The summed E-state index contributed by atoms with van der Waals surface area (Å²) in [6.45, 7) is 3.19. The predicted molar refractivity (Wildman–Crippen MR) is 105 cm³/mol. The fourth-order valence-corrected chi connectivity index (χ4v) is 3.02. The zero-order valence-corrected chi connectivity index (χ0v) is 16.0. The summed E-state index contributed by atoms with van der Waals surface area (Å²) < 4.78 is 5.30. The Balaban J connectivity index is 1.87. The molecule has 0 unspecified atom stereocenters. The molecule has 0 bridgehead atoms. The number of aromatic nitrogens is 1. The van der Waals surface area contributed by atoms with Crippen LogP contribution in [0.15, 0.2) is 42.6 Å². The van der Waals surface area contributed by atoms with Crippen molar-refractivity contribution in [1.29, 1.82) is 0 Å². The normalized spacial score (nSPS) is 14.6. The maximum Gasteiger partial charge on any atom is 0.337 e. The number of hydrogen-bond donors (Lipinski definition) is 1. The molecule has 0 spiro atoms. The first-order valence-corrected chi connectivity index (χ1v) is 9.05. The third-order valence-corrected chi connectivity index (χ3v) is 4.76. The van der Waals surface area contributed by atoms with Gasteiger partial charge in [0.05, 0.1) is 24.9 Å². The van der Waals surface area contributed by atoms with Crippen LogP contribution in [-0.2, 0) is 6.54 Å². The van der Waals surface area contributed by atoms with Crippen LogP contribution in [0.2, 0.25) is 0 Å². The van der Waals surface area contributed by atoms with Gasteiger partial charge < -0.3 is 19.6 Å². The average molecular weight is 384 g/mol. The second-order valence-electron chi connectivity index (χ2n) is 6.70. The van der Waals surface area contributed by atoms with Gasteiger partial charge in [-0.2, -0.15) is 0 Å². The first-order chi connectivity index (χ1) is 13.5. The molecule has 148 valence electrons. The number of likely N-dealkylation sites (N-methyl/N-ethyl adjacent to an activating group) is 1. The summed E-state index contributed by atoms with van der Waals surface area (Å²) in [5.41, 5.74) is 1.42. The van der Waals surface area contributed by atoms with E-state index in [1.807, 2.05) is 30.1 Å². The van der Waals surface area contributed by atoms with Gasteiger partial charge in [0.2, 0.25) is 0 Å². The van der Waals surface area contributed by atoms with Gasteiger partial charge in [-0.05, 0) is 31.3 Å². The smallest absolute Gasteiger partial charge is 0.337 e. The summed E-state index contributed by atoms with van der Waals surface area (Å²) in [6.07, 6.45) is 1.31. The van der Waals surface area contributed by atoms with E-state index in [1.165, 1.54) is 12.3 Å². The van der Waals surface area contributed by atoms with Gasteiger partial charge in [0, 0.05) is 44.1 Å². The van der Waals surface area contributed by atoms with Crippen LogP contribution in [-0.4, -0.2) is 72.2 Å². The monoisotopic (exact) mass is 384 g/mol. The lowest BCUT2D eigenvalue weighted by Gasteiger charge is -2.36. The molecule has 2 aromatic rings. The van der Waals surface area contributed by atoms with E-state index in [0.29, 0.717) is 30.2 Å². The molecule has 0 radical (unpaired) electrons. The minimum Gasteiger partial charge on any atom is -0.497 e. The van der Waals surface area contributed by atoms with Crippen LogP contribution in [0.5, 0.6) is 5.75 Å². The summed E-state index contributed by atoms with van der Waals surface area (Å²) in [5, 5.41) is 9.04. The Morgan fingerprint density at radius 1 is 1.18 bits per heavy atom. The maximum atomic E-state index is 13.3. The number of methoxy groups -OCH3 is 1. The number of carbonyl (C=O) groups is 2. The van der Waals surface area contributed by atoms with Gasteiger partial charge in [-0.3, -0.25) is 9.88 Å². The quantitative estimate of drug-likeness (QED) is 0.850. The number of carbonyl (C=O) groups excluding carboxylic acids is 1. The van der Waals surface area contributed by atoms with Crippen LogP contribution < -0.4 is 9.64 Å². The van der Waals surface area contributed by atoms with Crippen LogP contribution in [0, 0.1) is 0 Å². The van der Waals surface area contributed by atoms with Crippen molar-refractivity contribution in [3.63, 3.8) is 0 Å². The number of ether oxygens (including phenoxy) is 1.